The number of carbonyl (C=O) groups is 3. The highest BCUT2D eigenvalue weighted by molar-refractivity contribution is 5.71. The van der Waals surface area contributed by atoms with E-state index in [0.717, 1.165) is 83.5 Å². The lowest BCUT2D eigenvalue weighted by Crippen LogP contribution is -2.30. The first-order valence-electron chi connectivity index (χ1n) is 23.1. The lowest BCUT2D eigenvalue weighted by Gasteiger charge is -2.18. The van der Waals surface area contributed by atoms with Crippen molar-refractivity contribution in [3.8, 4) is 0 Å². The molecule has 6 heteroatoms. The molecule has 0 rings (SSSR count). The molecule has 1 atom stereocenters. The molecule has 0 aliphatic heterocycles. The quantitative estimate of drug-likeness (QED) is 0.0267. The van der Waals surface area contributed by atoms with Gasteiger partial charge in [0, 0.05) is 19.3 Å². The average molecular weight is 771 g/mol. The SMILES string of the molecule is CC/C=C\C/C=C\C/C=C\C/C=C\CCCCC(=O)OCC(COC(=O)CCCCCCCCCCCCC)OC(=O)CCCCCCCCCCCCC. The van der Waals surface area contributed by atoms with E-state index in [1.165, 1.54) is 103 Å². The molecule has 55 heavy (non-hydrogen) atoms. The Morgan fingerprint density at radius 1 is 0.382 bits per heavy atom. The Hall–Kier alpha value is -2.63. The smallest absolute Gasteiger partial charge is 0.306 e. The summed E-state index contributed by atoms with van der Waals surface area (Å²) in [6.45, 7) is 6.47. The van der Waals surface area contributed by atoms with Crippen LogP contribution < -0.4 is 0 Å². The topological polar surface area (TPSA) is 78.9 Å². The molecule has 318 valence electrons. The molecule has 0 aromatic carbocycles. The fourth-order valence-electron chi connectivity index (χ4n) is 6.37. The Bertz CT molecular complexity index is 980. The zero-order valence-electron chi connectivity index (χ0n) is 36.2. The van der Waals surface area contributed by atoms with Gasteiger partial charge in [-0.25, -0.2) is 0 Å². The molecule has 0 heterocycles. The van der Waals surface area contributed by atoms with Gasteiger partial charge in [0.15, 0.2) is 6.10 Å². The van der Waals surface area contributed by atoms with Crippen LogP contribution in [-0.2, 0) is 28.6 Å². The van der Waals surface area contributed by atoms with Gasteiger partial charge in [-0.15, -0.1) is 0 Å². The number of ether oxygens (including phenoxy) is 3. The number of esters is 3. The van der Waals surface area contributed by atoms with Crippen LogP contribution in [0, 0.1) is 0 Å². The Morgan fingerprint density at radius 2 is 0.709 bits per heavy atom. The Kier molecular flexibility index (Phi) is 42.0. The maximum absolute atomic E-state index is 12.7. The van der Waals surface area contributed by atoms with Gasteiger partial charge in [0.2, 0.25) is 0 Å². The third-order valence-electron chi connectivity index (χ3n) is 9.85. The van der Waals surface area contributed by atoms with Crippen LogP contribution in [0.3, 0.4) is 0 Å². The summed E-state index contributed by atoms with van der Waals surface area (Å²) in [6, 6.07) is 0. The van der Waals surface area contributed by atoms with Crippen molar-refractivity contribution in [1.29, 1.82) is 0 Å². The van der Waals surface area contributed by atoms with Crippen molar-refractivity contribution in [2.45, 2.75) is 232 Å². The van der Waals surface area contributed by atoms with E-state index in [1.807, 2.05) is 0 Å². The van der Waals surface area contributed by atoms with Gasteiger partial charge in [-0.1, -0.05) is 198 Å². The molecule has 0 bridgehead atoms. The van der Waals surface area contributed by atoms with Crippen LogP contribution in [0.25, 0.3) is 0 Å². The normalized spacial score (nSPS) is 12.4. The van der Waals surface area contributed by atoms with Crippen LogP contribution in [0.1, 0.15) is 226 Å². The van der Waals surface area contributed by atoms with E-state index in [9.17, 15) is 14.4 Å². The zero-order chi connectivity index (χ0) is 40.1. The van der Waals surface area contributed by atoms with Gasteiger partial charge in [0.1, 0.15) is 13.2 Å². The molecular formula is C49H86O6. The standard InChI is InChI=1S/C49H86O6/c1-4-7-10-13-16-19-22-23-24-25-28-30-33-36-39-42-48(51)54-45-46(55-49(52)43-40-37-34-31-27-21-18-15-12-9-6-3)44-53-47(50)41-38-35-32-29-26-20-17-14-11-8-5-2/h7,10,16,19,23-24,28,30,46H,4-6,8-9,11-15,17-18,20-22,25-27,29,31-45H2,1-3H3/b10-7-,19-16-,24-23-,30-28-. The van der Waals surface area contributed by atoms with Crippen molar-refractivity contribution in [3.05, 3.63) is 48.6 Å². The van der Waals surface area contributed by atoms with Gasteiger partial charge in [-0.05, 0) is 57.8 Å². The van der Waals surface area contributed by atoms with E-state index < -0.39 is 6.10 Å². The van der Waals surface area contributed by atoms with Gasteiger partial charge in [0.25, 0.3) is 0 Å². The number of allylic oxidation sites excluding steroid dienone is 8. The van der Waals surface area contributed by atoms with E-state index in [1.54, 1.807) is 0 Å². The van der Waals surface area contributed by atoms with Crippen LogP contribution in [0.5, 0.6) is 0 Å². The fourth-order valence-corrected chi connectivity index (χ4v) is 6.37. The highest BCUT2D eigenvalue weighted by Crippen LogP contribution is 2.14. The molecule has 6 nitrogen and oxygen atoms in total. The third-order valence-corrected chi connectivity index (χ3v) is 9.85. The van der Waals surface area contributed by atoms with Crippen molar-refractivity contribution < 1.29 is 28.6 Å². The first kappa shape index (κ1) is 52.4. The second kappa shape index (κ2) is 44.1. The third kappa shape index (κ3) is 42.4. The molecule has 0 aliphatic rings. The second-order valence-electron chi connectivity index (χ2n) is 15.3. The van der Waals surface area contributed by atoms with Crippen molar-refractivity contribution in [1.82, 2.24) is 0 Å². The molecule has 0 aromatic rings. The lowest BCUT2D eigenvalue weighted by molar-refractivity contribution is -0.167. The first-order chi connectivity index (χ1) is 27.0. The minimum absolute atomic E-state index is 0.0834. The summed E-state index contributed by atoms with van der Waals surface area (Å²) in [6.07, 6.45) is 50.9. The highest BCUT2D eigenvalue weighted by Gasteiger charge is 2.19. The maximum atomic E-state index is 12.7. The van der Waals surface area contributed by atoms with Gasteiger partial charge >= 0.3 is 17.9 Å². The summed E-state index contributed by atoms with van der Waals surface area (Å²) in [5, 5.41) is 0. The number of rotatable bonds is 41. The highest BCUT2D eigenvalue weighted by atomic mass is 16.6. The lowest BCUT2D eigenvalue weighted by atomic mass is 10.1. The monoisotopic (exact) mass is 771 g/mol. The Balaban J connectivity index is 4.42. The maximum Gasteiger partial charge on any atom is 0.306 e. The Labute approximate surface area is 339 Å². The summed E-state index contributed by atoms with van der Waals surface area (Å²) < 4.78 is 16.7. The van der Waals surface area contributed by atoms with Crippen LogP contribution in [0.4, 0.5) is 0 Å². The minimum Gasteiger partial charge on any atom is -0.462 e. The molecule has 0 N–H and O–H groups in total. The van der Waals surface area contributed by atoms with Crippen molar-refractivity contribution in [3.63, 3.8) is 0 Å². The molecule has 0 amide bonds. The number of hydrogen-bond donors (Lipinski definition) is 0. The summed E-state index contributed by atoms with van der Waals surface area (Å²) in [5.74, 6) is -0.926. The van der Waals surface area contributed by atoms with Crippen molar-refractivity contribution >= 4 is 17.9 Å². The first-order valence-corrected chi connectivity index (χ1v) is 23.1. The summed E-state index contributed by atoms with van der Waals surface area (Å²) in [5.41, 5.74) is 0. The van der Waals surface area contributed by atoms with E-state index in [2.05, 4.69) is 69.4 Å². The molecule has 0 saturated carbocycles. The number of hydrogen-bond acceptors (Lipinski definition) is 6. The minimum atomic E-state index is -0.783. The van der Waals surface area contributed by atoms with Gasteiger partial charge in [-0.2, -0.15) is 0 Å². The predicted molar refractivity (Wildman–Crippen MR) is 233 cm³/mol. The van der Waals surface area contributed by atoms with Crippen molar-refractivity contribution in [2.75, 3.05) is 13.2 Å². The molecule has 0 spiro atoms. The molecule has 0 aromatic heterocycles. The molecule has 0 fully saturated rings. The summed E-state index contributed by atoms with van der Waals surface area (Å²) in [7, 11) is 0. The van der Waals surface area contributed by atoms with E-state index in [0.29, 0.717) is 19.3 Å². The molecule has 0 saturated heterocycles. The van der Waals surface area contributed by atoms with E-state index >= 15 is 0 Å². The van der Waals surface area contributed by atoms with Gasteiger partial charge < -0.3 is 14.2 Å². The summed E-state index contributed by atoms with van der Waals surface area (Å²) in [4.78, 5) is 37.7. The van der Waals surface area contributed by atoms with Gasteiger partial charge in [0.05, 0.1) is 0 Å². The van der Waals surface area contributed by atoms with Crippen molar-refractivity contribution in [2.24, 2.45) is 0 Å². The van der Waals surface area contributed by atoms with E-state index in [4.69, 9.17) is 14.2 Å². The number of carbonyl (C=O) groups excluding carboxylic acids is 3. The van der Waals surface area contributed by atoms with Crippen LogP contribution >= 0.6 is 0 Å². The average Bonchev–Trinajstić information content (AvgIpc) is 3.18. The molecule has 0 radical (unpaired) electrons. The van der Waals surface area contributed by atoms with Crippen LogP contribution in [0.2, 0.25) is 0 Å². The largest absolute Gasteiger partial charge is 0.462 e. The molecule has 0 aliphatic carbocycles. The predicted octanol–water partition coefficient (Wildman–Crippen LogP) is 14.8. The van der Waals surface area contributed by atoms with Gasteiger partial charge in [-0.3, -0.25) is 14.4 Å². The van der Waals surface area contributed by atoms with Crippen LogP contribution in [0.15, 0.2) is 48.6 Å². The second-order valence-corrected chi connectivity index (χ2v) is 15.3. The van der Waals surface area contributed by atoms with Crippen LogP contribution in [-0.4, -0.2) is 37.2 Å². The Morgan fingerprint density at radius 3 is 1.11 bits per heavy atom. The summed E-state index contributed by atoms with van der Waals surface area (Å²) >= 11 is 0. The molecular weight excluding hydrogens is 685 g/mol. The molecule has 1 unspecified atom stereocenters. The number of unbranched alkanes of at least 4 members (excludes halogenated alkanes) is 22. The zero-order valence-corrected chi connectivity index (χ0v) is 36.2. The van der Waals surface area contributed by atoms with E-state index in [-0.39, 0.29) is 31.1 Å². The fraction of sp³-hybridized carbons (Fsp3) is 0.776.